The number of nitrogens with two attached hydrogens (primary N) is 1. The molecule has 0 aliphatic heterocycles. The number of rotatable bonds is 3. The Kier molecular flexibility index (Phi) is 2.83. The van der Waals surface area contributed by atoms with Crippen molar-refractivity contribution < 1.29 is 9.90 Å². The van der Waals surface area contributed by atoms with E-state index in [-0.39, 0.29) is 0 Å². The van der Waals surface area contributed by atoms with Crippen molar-refractivity contribution in [3.63, 3.8) is 0 Å². The molecule has 0 bridgehead atoms. The zero-order valence-electron chi connectivity index (χ0n) is 6.78. The minimum atomic E-state index is -0.946. The summed E-state index contributed by atoms with van der Waals surface area (Å²) in [6, 6.07) is 1.19. The highest BCUT2D eigenvalue weighted by atomic mass is 32.1. The predicted octanol–water partition coefficient (Wildman–Crippen LogP) is 1.01. The molecule has 0 aliphatic carbocycles. The van der Waals surface area contributed by atoms with Gasteiger partial charge in [-0.15, -0.1) is 11.3 Å². The molecule has 0 aliphatic rings. The Balaban J connectivity index is 2.58. The molecule has 0 spiro atoms. The van der Waals surface area contributed by atoms with Crippen LogP contribution in [0.5, 0.6) is 0 Å². The Hall–Kier alpha value is -0.870. The summed E-state index contributed by atoms with van der Waals surface area (Å²) in [5, 5.41) is 10.5. The van der Waals surface area contributed by atoms with E-state index in [1.165, 1.54) is 4.88 Å². The van der Waals surface area contributed by atoms with Crippen molar-refractivity contribution in [3.05, 3.63) is 21.9 Å². The molecule has 1 aromatic heterocycles. The SMILES string of the molecule is Cc1cc(C[C@@H](N)C(=O)O)cs1. The van der Waals surface area contributed by atoms with Crippen molar-refractivity contribution in [2.45, 2.75) is 19.4 Å². The van der Waals surface area contributed by atoms with Crippen LogP contribution in [0.1, 0.15) is 10.4 Å². The van der Waals surface area contributed by atoms with Gasteiger partial charge in [0.05, 0.1) is 0 Å². The highest BCUT2D eigenvalue weighted by Gasteiger charge is 2.12. The largest absolute Gasteiger partial charge is 0.480 e. The molecule has 0 amide bonds. The maximum absolute atomic E-state index is 10.4. The van der Waals surface area contributed by atoms with Crippen LogP contribution in [-0.2, 0) is 11.2 Å². The van der Waals surface area contributed by atoms with E-state index in [1.807, 2.05) is 18.4 Å². The van der Waals surface area contributed by atoms with Gasteiger partial charge < -0.3 is 10.8 Å². The van der Waals surface area contributed by atoms with Gasteiger partial charge in [-0.2, -0.15) is 0 Å². The van der Waals surface area contributed by atoms with Crippen LogP contribution in [0.4, 0.5) is 0 Å². The van der Waals surface area contributed by atoms with Crippen LogP contribution in [0.15, 0.2) is 11.4 Å². The van der Waals surface area contributed by atoms with Gasteiger partial charge in [-0.25, -0.2) is 0 Å². The van der Waals surface area contributed by atoms with Crippen molar-refractivity contribution in [3.8, 4) is 0 Å². The van der Waals surface area contributed by atoms with Crippen LogP contribution in [-0.4, -0.2) is 17.1 Å². The Morgan fingerprint density at radius 1 is 1.83 bits per heavy atom. The van der Waals surface area contributed by atoms with Crippen LogP contribution >= 0.6 is 11.3 Å². The Morgan fingerprint density at radius 3 is 2.92 bits per heavy atom. The Labute approximate surface area is 74.8 Å². The number of carboxylic acid groups (broad SMARTS) is 1. The molecule has 3 N–H and O–H groups in total. The molecule has 66 valence electrons. The van der Waals surface area contributed by atoms with Gasteiger partial charge in [-0.05, 0) is 30.4 Å². The fourth-order valence-corrected chi connectivity index (χ4v) is 1.67. The number of carboxylic acids is 1. The van der Waals surface area contributed by atoms with Crippen molar-refractivity contribution in [1.82, 2.24) is 0 Å². The molecular formula is C8H11NO2S. The molecular weight excluding hydrogens is 174 g/mol. The molecule has 0 radical (unpaired) electrons. The topological polar surface area (TPSA) is 63.3 Å². The summed E-state index contributed by atoms with van der Waals surface area (Å²) < 4.78 is 0. The minimum absolute atomic E-state index is 0.416. The third kappa shape index (κ3) is 2.32. The molecule has 0 fully saturated rings. The zero-order chi connectivity index (χ0) is 9.14. The third-order valence-corrected chi connectivity index (χ3v) is 2.47. The van der Waals surface area contributed by atoms with Crippen LogP contribution in [0, 0.1) is 6.92 Å². The van der Waals surface area contributed by atoms with Gasteiger partial charge in [0.25, 0.3) is 0 Å². The lowest BCUT2D eigenvalue weighted by atomic mass is 10.1. The number of carbonyl (C=O) groups is 1. The number of hydrogen-bond acceptors (Lipinski definition) is 3. The molecule has 1 rings (SSSR count). The zero-order valence-corrected chi connectivity index (χ0v) is 7.60. The van der Waals surface area contributed by atoms with Gasteiger partial charge >= 0.3 is 5.97 Å². The van der Waals surface area contributed by atoms with Crippen LogP contribution in [0.2, 0.25) is 0 Å². The molecule has 0 saturated carbocycles. The third-order valence-electron chi connectivity index (χ3n) is 1.56. The van der Waals surface area contributed by atoms with Gasteiger partial charge in [0.1, 0.15) is 6.04 Å². The summed E-state index contributed by atoms with van der Waals surface area (Å²) >= 11 is 1.61. The predicted molar refractivity (Wildman–Crippen MR) is 48.4 cm³/mol. The van der Waals surface area contributed by atoms with Gasteiger partial charge in [0, 0.05) is 4.88 Å². The number of thiophene rings is 1. The quantitative estimate of drug-likeness (QED) is 0.738. The average Bonchev–Trinajstić information content (AvgIpc) is 2.35. The lowest BCUT2D eigenvalue weighted by Crippen LogP contribution is -2.32. The highest BCUT2D eigenvalue weighted by Crippen LogP contribution is 2.14. The highest BCUT2D eigenvalue weighted by molar-refractivity contribution is 7.10. The summed E-state index contributed by atoms with van der Waals surface area (Å²) in [6.45, 7) is 1.99. The maximum atomic E-state index is 10.4. The Morgan fingerprint density at radius 2 is 2.50 bits per heavy atom. The van der Waals surface area contributed by atoms with Crippen LogP contribution < -0.4 is 5.73 Å². The van der Waals surface area contributed by atoms with Gasteiger partial charge in [-0.3, -0.25) is 4.79 Å². The normalized spacial score (nSPS) is 12.8. The first kappa shape index (κ1) is 9.22. The van der Waals surface area contributed by atoms with E-state index >= 15 is 0 Å². The summed E-state index contributed by atoms with van der Waals surface area (Å²) in [6.07, 6.45) is 0.416. The summed E-state index contributed by atoms with van der Waals surface area (Å²) in [5.41, 5.74) is 6.37. The number of hydrogen-bond donors (Lipinski definition) is 2. The molecule has 0 aromatic carbocycles. The maximum Gasteiger partial charge on any atom is 0.320 e. The van der Waals surface area contributed by atoms with Crippen molar-refractivity contribution in [2.24, 2.45) is 5.73 Å². The summed E-state index contributed by atoms with van der Waals surface area (Å²) in [7, 11) is 0. The lowest BCUT2D eigenvalue weighted by Gasteiger charge is -2.02. The fourth-order valence-electron chi connectivity index (χ4n) is 0.946. The van der Waals surface area contributed by atoms with E-state index in [4.69, 9.17) is 10.8 Å². The second kappa shape index (κ2) is 3.69. The summed E-state index contributed by atoms with van der Waals surface area (Å²) in [4.78, 5) is 11.6. The molecule has 4 heteroatoms. The second-order valence-corrected chi connectivity index (χ2v) is 3.83. The monoisotopic (exact) mass is 185 g/mol. The first-order valence-corrected chi connectivity index (χ1v) is 4.50. The van der Waals surface area contributed by atoms with Crippen LogP contribution in [0.3, 0.4) is 0 Å². The number of aliphatic carboxylic acids is 1. The van der Waals surface area contributed by atoms with E-state index in [9.17, 15) is 4.79 Å². The van der Waals surface area contributed by atoms with Gasteiger partial charge in [0.15, 0.2) is 0 Å². The standard InChI is InChI=1S/C8H11NO2S/c1-5-2-6(4-12-5)3-7(9)8(10)11/h2,4,7H,3,9H2,1H3,(H,10,11)/t7-/m1/s1. The molecule has 1 aromatic rings. The smallest absolute Gasteiger partial charge is 0.320 e. The van der Waals surface area contributed by atoms with Crippen LogP contribution in [0.25, 0.3) is 0 Å². The fraction of sp³-hybridized carbons (Fsp3) is 0.375. The van der Waals surface area contributed by atoms with Gasteiger partial charge in [-0.1, -0.05) is 0 Å². The average molecular weight is 185 g/mol. The first-order chi connectivity index (χ1) is 5.59. The molecule has 3 nitrogen and oxygen atoms in total. The van der Waals surface area contributed by atoms with E-state index in [0.717, 1.165) is 5.56 Å². The van der Waals surface area contributed by atoms with Crippen molar-refractivity contribution in [1.29, 1.82) is 0 Å². The van der Waals surface area contributed by atoms with E-state index < -0.39 is 12.0 Å². The number of aryl methyl sites for hydroxylation is 1. The first-order valence-electron chi connectivity index (χ1n) is 3.62. The van der Waals surface area contributed by atoms with Gasteiger partial charge in [0.2, 0.25) is 0 Å². The summed E-state index contributed by atoms with van der Waals surface area (Å²) in [5.74, 6) is -0.946. The van der Waals surface area contributed by atoms with E-state index in [0.29, 0.717) is 6.42 Å². The van der Waals surface area contributed by atoms with Crippen molar-refractivity contribution >= 4 is 17.3 Å². The molecule has 0 unspecified atom stereocenters. The molecule has 12 heavy (non-hydrogen) atoms. The second-order valence-electron chi connectivity index (χ2n) is 2.71. The molecule has 0 saturated heterocycles. The molecule has 1 heterocycles. The molecule has 1 atom stereocenters. The van der Waals surface area contributed by atoms with E-state index in [2.05, 4.69) is 0 Å². The Bertz CT molecular complexity index is 282. The van der Waals surface area contributed by atoms with Crippen molar-refractivity contribution in [2.75, 3.05) is 0 Å². The van der Waals surface area contributed by atoms with E-state index in [1.54, 1.807) is 11.3 Å². The minimum Gasteiger partial charge on any atom is -0.480 e. The lowest BCUT2D eigenvalue weighted by molar-refractivity contribution is -0.138.